The van der Waals surface area contributed by atoms with E-state index in [2.05, 4.69) is 16.2 Å². The van der Waals surface area contributed by atoms with Crippen molar-refractivity contribution in [2.45, 2.75) is 13.3 Å². The Bertz CT molecular complexity index is 354. The molecule has 0 aliphatic rings. The van der Waals surface area contributed by atoms with Crippen LogP contribution in [-0.4, -0.2) is 17.6 Å². The van der Waals surface area contributed by atoms with E-state index in [1.54, 1.807) is 12.1 Å². The molecule has 0 spiro atoms. The highest BCUT2D eigenvalue weighted by molar-refractivity contribution is 7.80. The van der Waals surface area contributed by atoms with Gasteiger partial charge in [-0.3, -0.25) is 15.6 Å². The highest BCUT2D eigenvalue weighted by Crippen LogP contribution is 1.96. The Balaban J connectivity index is 2.33. The largest absolute Gasteiger partial charge is 0.361 e. The van der Waals surface area contributed by atoms with E-state index < -0.39 is 0 Å². The zero-order chi connectivity index (χ0) is 11.8. The minimum atomic E-state index is -0.207. The first-order valence-corrected chi connectivity index (χ1v) is 5.54. The quantitative estimate of drug-likeness (QED) is 0.546. The van der Waals surface area contributed by atoms with Crippen LogP contribution in [0.5, 0.6) is 0 Å². The summed E-state index contributed by atoms with van der Waals surface area (Å²) in [4.78, 5) is 11.6. The zero-order valence-electron chi connectivity index (χ0n) is 9.12. The smallest absolute Gasteiger partial charge is 0.269 e. The van der Waals surface area contributed by atoms with Crippen LogP contribution in [-0.2, 0) is 0 Å². The van der Waals surface area contributed by atoms with E-state index in [-0.39, 0.29) is 5.91 Å². The number of rotatable bonds is 3. The van der Waals surface area contributed by atoms with Gasteiger partial charge in [0.15, 0.2) is 5.11 Å². The third-order valence-corrected chi connectivity index (χ3v) is 2.11. The van der Waals surface area contributed by atoms with Gasteiger partial charge in [0, 0.05) is 12.1 Å². The van der Waals surface area contributed by atoms with Crippen LogP contribution in [0.3, 0.4) is 0 Å². The lowest BCUT2D eigenvalue weighted by Gasteiger charge is -2.10. The molecular formula is C11H15N3OS. The van der Waals surface area contributed by atoms with Crippen molar-refractivity contribution in [1.29, 1.82) is 0 Å². The molecule has 0 aliphatic heterocycles. The number of hydrogen-bond acceptors (Lipinski definition) is 2. The van der Waals surface area contributed by atoms with Crippen molar-refractivity contribution in [1.82, 2.24) is 16.2 Å². The zero-order valence-corrected chi connectivity index (χ0v) is 9.93. The fraction of sp³-hybridized carbons (Fsp3) is 0.273. The first-order valence-electron chi connectivity index (χ1n) is 5.13. The maximum absolute atomic E-state index is 11.6. The van der Waals surface area contributed by atoms with Gasteiger partial charge in [-0.2, -0.15) is 0 Å². The molecule has 0 atom stereocenters. The first kappa shape index (κ1) is 12.4. The number of benzene rings is 1. The molecule has 1 amide bonds. The molecule has 0 heterocycles. The molecule has 0 saturated heterocycles. The second kappa shape index (κ2) is 6.79. The summed E-state index contributed by atoms with van der Waals surface area (Å²) in [6, 6.07) is 8.95. The Hall–Kier alpha value is -1.62. The van der Waals surface area contributed by atoms with Crippen molar-refractivity contribution in [3.8, 4) is 0 Å². The molecule has 0 aromatic heterocycles. The molecule has 0 aliphatic carbocycles. The number of carbonyl (C=O) groups excluding carboxylic acids is 1. The second-order valence-corrected chi connectivity index (χ2v) is 3.61. The van der Waals surface area contributed by atoms with E-state index in [1.165, 1.54) is 0 Å². The van der Waals surface area contributed by atoms with Crippen LogP contribution in [0, 0.1) is 0 Å². The summed E-state index contributed by atoms with van der Waals surface area (Å²) < 4.78 is 0. The summed E-state index contributed by atoms with van der Waals surface area (Å²) >= 11 is 4.95. The van der Waals surface area contributed by atoms with Gasteiger partial charge in [-0.1, -0.05) is 25.1 Å². The number of amides is 1. The minimum Gasteiger partial charge on any atom is -0.361 e. The van der Waals surface area contributed by atoms with Gasteiger partial charge in [0.1, 0.15) is 0 Å². The van der Waals surface area contributed by atoms with Gasteiger partial charge in [0.25, 0.3) is 5.91 Å². The normalized spacial score (nSPS) is 9.31. The maximum atomic E-state index is 11.6. The van der Waals surface area contributed by atoms with Crippen molar-refractivity contribution in [2.24, 2.45) is 0 Å². The van der Waals surface area contributed by atoms with Gasteiger partial charge >= 0.3 is 0 Å². The molecule has 0 bridgehead atoms. The number of carbonyl (C=O) groups is 1. The highest BCUT2D eigenvalue weighted by atomic mass is 32.1. The number of nitrogens with one attached hydrogen (secondary N) is 3. The van der Waals surface area contributed by atoms with Gasteiger partial charge in [-0.05, 0) is 30.8 Å². The Labute approximate surface area is 100 Å². The fourth-order valence-electron chi connectivity index (χ4n) is 1.06. The lowest BCUT2D eigenvalue weighted by atomic mass is 10.2. The minimum absolute atomic E-state index is 0.207. The van der Waals surface area contributed by atoms with Crippen molar-refractivity contribution in [3.63, 3.8) is 0 Å². The van der Waals surface area contributed by atoms with Gasteiger partial charge in [0.05, 0.1) is 0 Å². The Morgan fingerprint density at radius 1 is 1.25 bits per heavy atom. The third kappa shape index (κ3) is 4.27. The average molecular weight is 237 g/mol. The molecule has 1 rings (SSSR count). The summed E-state index contributed by atoms with van der Waals surface area (Å²) in [6.45, 7) is 2.82. The molecule has 0 radical (unpaired) electrons. The first-order chi connectivity index (χ1) is 7.74. The van der Waals surface area contributed by atoms with Crippen molar-refractivity contribution < 1.29 is 4.79 Å². The van der Waals surface area contributed by atoms with E-state index >= 15 is 0 Å². The average Bonchev–Trinajstić information content (AvgIpc) is 2.34. The molecule has 0 fully saturated rings. The monoisotopic (exact) mass is 237 g/mol. The third-order valence-electron chi connectivity index (χ3n) is 1.86. The molecule has 3 N–H and O–H groups in total. The van der Waals surface area contributed by atoms with Crippen molar-refractivity contribution in [3.05, 3.63) is 35.9 Å². The standard InChI is InChI=1S/C11H15N3OS/c1-2-8-12-11(16)14-13-10(15)9-6-4-3-5-7-9/h3-7H,2,8H2,1H3,(H,13,15)(H2,12,14,16). The van der Waals surface area contributed by atoms with E-state index in [4.69, 9.17) is 12.2 Å². The molecule has 5 heteroatoms. The lowest BCUT2D eigenvalue weighted by molar-refractivity contribution is 0.0943. The predicted octanol–water partition coefficient (Wildman–Crippen LogP) is 1.21. The van der Waals surface area contributed by atoms with Crippen LogP contribution in [0.4, 0.5) is 0 Å². The molecule has 86 valence electrons. The Morgan fingerprint density at radius 2 is 1.94 bits per heavy atom. The van der Waals surface area contributed by atoms with E-state index in [0.717, 1.165) is 13.0 Å². The van der Waals surface area contributed by atoms with Gasteiger partial charge < -0.3 is 5.32 Å². The van der Waals surface area contributed by atoms with E-state index in [1.807, 2.05) is 25.1 Å². The van der Waals surface area contributed by atoms with Crippen molar-refractivity contribution in [2.75, 3.05) is 6.54 Å². The number of thiocarbonyl (C=S) groups is 1. The summed E-state index contributed by atoms with van der Waals surface area (Å²) in [7, 11) is 0. The van der Waals surface area contributed by atoms with Crippen LogP contribution in [0.1, 0.15) is 23.7 Å². The SMILES string of the molecule is CCCNC(=S)NNC(=O)c1ccccc1. The van der Waals surface area contributed by atoms with Gasteiger partial charge in [-0.15, -0.1) is 0 Å². The summed E-state index contributed by atoms with van der Waals surface area (Å²) in [6.07, 6.45) is 0.981. The summed E-state index contributed by atoms with van der Waals surface area (Å²) in [5.41, 5.74) is 5.74. The van der Waals surface area contributed by atoms with E-state index in [0.29, 0.717) is 10.7 Å². The fourth-order valence-corrected chi connectivity index (χ4v) is 1.21. The van der Waals surface area contributed by atoms with Crippen LogP contribution in [0.2, 0.25) is 0 Å². The molecule has 0 saturated carbocycles. The highest BCUT2D eigenvalue weighted by Gasteiger charge is 2.03. The van der Waals surface area contributed by atoms with Crippen LogP contribution < -0.4 is 16.2 Å². The molecule has 1 aromatic carbocycles. The Kier molecular flexibility index (Phi) is 5.28. The maximum Gasteiger partial charge on any atom is 0.269 e. The molecule has 0 unspecified atom stereocenters. The summed E-state index contributed by atoms with van der Waals surface area (Å²) in [5.74, 6) is -0.207. The topological polar surface area (TPSA) is 53.2 Å². The van der Waals surface area contributed by atoms with Gasteiger partial charge in [-0.25, -0.2) is 0 Å². The van der Waals surface area contributed by atoms with Gasteiger partial charge in [0.2, 0.25) is 0 Å². The molecule has 1 aromatic rings. The van der Waals surface area contributed by atoms with Crippen LogP contribution >= 0.6 is 12.2 Å². The molecule has 4 nitrogen and oxygen atoms in total. The van der Waals surface area contributed by atoms with Crippen LogP contribution in [0.25, 0.3) is 0 Å². The van der Waals surface area contributed by atoms with Crippen LogP contribution in [0.15, 0.2) is 30.3 Å². The second-order valence-electron chi connectivity index (χ2n) is 3.20. The Morgan fingerprint density at radius 3 is 2.56 bits per heavy atom. The lowest BCUT2D eigenvalue weighted by Crippen LogP contribution is -2.46. The molecular weight excluding hydrogens is 222 g/mol. The van der Waals surface area contributed by atoms with Crippen molar-refractivity contribution >= 4 is 23.2 Å². The predicted molar refractivity (Wildman–Crippen MR) is 67.9 cm³/mol. The summed E-state index contributed by atoms with van der Waals surface area (Å²) in [5, 5.41) is 3.37. The number of hydrazine groups is 1. The molecule has 16 heavy (non-hydrogen) atoms. The number of hydrogen-bond donors (Lipinski definition) is 3. The van der Waals surface area contributed by atoms with E-state index in [9.17, 15) is 4.79 Å².